The van der Waals surface area contributed by atoms with Crippen LogP contribution in [0.2, 0.25) is 0 Å². The molecule has 3 aromatic rings. The van der Waals surface area contributed by atoms with E-state index < -0.39 is 0 Å². The maximum atomic E-state index is 12.1. The van der Waals surface area contributed by atoms with Gasteiger partial charge in [-0.1, -0.05) is 43.4 Å². The third-order valence-electron chi connectivity index (χ3n) is 3.68. The van der Waals surface area contributed by atoms with Crippen molar-refractivity contribution in [1.82, 2.24) is 10.4 Å². The summed E-state index contributed by atoms with van der Waals surface area (Å²) in [6, 6.07) is 13.3. The number of fused-ring (bicyclic) bond motifs is 1. The number of rotatable bonds is 7. The lowest BCUT2D eigenvalue weighted by Crippen LogP contribution is -2.19. The van der Waals surface area contributed by atoms with Crippen LogP contribution in [0.15, 0.2) is 47.6 Å². The Morgan fingerprint density at radius 3 is 3.00 bits per heavy atom. The average molecular weight is 382 g/mol. The first-order valence-corrected chi connectivity index (χ1v) is 9.51. The molecule has 6 nitrogen and oxygen atoms in total. The van der Waals surface area contributed by atoms with E-state index in [2.05, 4.69) is 29.4 Å². The number of nitrogens with two attached hydrogens (primary N) is 1. The zero-order chi connectivity index (χ0) is 19.2. The van der Waals surface area contributed by atoms with E-state index in [0.717, 1.165) is 27.1 Å². The van der Waals surface area contributed by atoms with Crippen LogP contribution in [0.4, 0.5) is 5.13 Å². The molecule has 0 saturated carbocycles. The van der Waals surface area contributed by atoms with Gasteiger partial charge in [0.25, 0.3) is 0 Å². The van der Waals surface area contributed by atoms with E-state index >= 15 is 0 Å². The number of hydrogen-bond donors (Lipinski definition) is 2. The molecule has 2 aromatic carbocycles. The maximum Gasteiger partial charge on any atom is 0.244 e. The molecule has 0 aliphatic heterocycles. The Hall–Kier alpha value is -2.93. The number of hydrogen-bond acceptors (Lipinski definition) is 6. The fourth-order valence-electron chi connectivity index (χ4n) is 2.45. The van der Waals surface area contributed by atoms with Crippen LogP contribution in [0.5, 0.6) is 5.75 Å². The molecular formula is C20H22N4O2S. The van der Waals surface area contributed by atoms with Crippen molar-refractivity contribution in [3.63, 3.8) is 0 Å². The second-order valence-corrected chi connectivity index (χ2v) is 7.66. The Balaban J connectivity index is 1.55. The van der Waals surface area contributed by atoms with E-state index in [1.54, 1.807) is 6.21 Å². The highest BCUT2D eigenvalue weighted by Crippen LogP contribution is 2.24. The van der Waals surface area contributed by atoms with Gasteiger partial charge in [-0.2, -0.15) is 5.10 Å². The summed E-state index contributed by atoms with van der Waals surface area (Å²) in [7, 11) is 0. The highest BCUT2D eigenvalue weighted by atomic mass is 32.1. The van der Waals surface area contributed by atoms with E-state index in [4.69, 9.17) is 10.5 Å². The number of carbonyl (C=O) groups is 1. The number of ether oxygens (including phenoxy) is 1. The number of anilines is 1. The van der Waals surface area contributed by atoms with Gasteiger partial charge in [0.15, 0.2) is 5.13 Å². The largest absolute Gasteiger partial charge is 0.493 e. The van der Waals surface area contributed by atoms with Crippen LogP contribution in [0.1, 0.15) is 25.0 Å². The Morgan fingerprint density at radius 1 is 1.33 bits per heavy atom. The fraction of sp³-hybridized carbons (Fsp3) is 0.250. The third-order valence-corrected chi connectivity index (χ3v) is 4.53. The Bertz CT molecular complexity index is 966. The molecule has 1 amide bonds. The van der Waals surface area contributed by atoms with Crippen LogP contribution in [0, 0.1) is 5.92 Å². The summed E-state index contributed by atoms with van der Waals surface area (Å²) in [5, 5.41) is 4.55. The zero-order valence-electron chi connectivity index (χ0n) is 15.3. The van der Waals surface area contributed by atoms with Crippen LogP contribution in [-0.4, -0.2) is 23.7 Å². The molecule has 0 bridgehead atoms. The van der Waals surface area contributed by atoms with Gasteiger partial charge >= 0.3 is 0 Å². The van der Waals surface area contributed by atoms with Gasteiger partial charge in [-0.15, -0.1) is 0 Å². The Morgan fingerprint density at radius 2 is 2.19 bits per heavy atom. The third kappa shape index (κ3) is 5.52. The molecule has 0 fully saturated rings. The lowest BCUT2D eigenvalue weighted by molar-refractivity contribution is -0.120. The van der Waals surface area contributed by atoms with Gasteiger partial charge < -0.3 is 10.5 Å². The summed E-state index contributed by atoms with van der Waals surface area (Å²) in [5.74, 6) is 1.06. The monoisotopic (exact) mass is 382 g/mol. The number of carbonyl (C=O) groups excluding carboxylic acids is 1. The standard InChI is InChI=1S/C20H22N4O2S/c1-13(2)12-26-16-5-3-4-15(8-16)11-22-24-19(25)10-14-6-7-17-18(9-14)27-20(21)23-17/h3-9,11,13H,10,12H2,1-2H3,(H2,21,23)(H,24,25)/b22-11-. The highest BCUT2D eigenvalue weighted by Gasteiger charge is 2.06. The van der Waals surface area contributed by atoms with Gasteiger partial charge in [0.05, 0.1) is 29.5 Å². The molecule has 1 heterocycles. The number of aromatic nitrogens is 1. The number of benzene rings is 2. The van der Waals surface area contributed by atoms with E-state index in [1.807, 2.05) is 42.5 Å². The molecule has 0 unspecified atom stereocenters. The fourth-order valence-corrected chi connectivity index (χ4v) is 3.25. The van der Waals surface area contributed by atoms with Gasteiger partial charge in [-0.05, 0) is 41.3 Å². The molecule has 7 heteroatoms. The van der Waals surface area contributed by atoms with Crippen molar-refractivity contribution in [3.8, 4) is 5.75 Å². The number of hydrazone groups is 1. The highest BCUT2D eigenvalue weighted by molar-refractivity contribution is 7.22. The smallest absolute Gasteiger partial charge is 0.244 e. The van der Waals surface area contributed by atoms with Crippen LogP contribution < -0.4 is 15.9 Å². The first kappa shape index (κ1) is 18.8. The van der Waals surface area contributed by atoms with Crippen molar-refractivity contribution >= 4 is 38.8 Å². The van der Waals surface area contributed by atoms with Crippen LogP contribution in [0.3, 0.4) is 0 Å². The minimum Gasteiger partial charge on any atom is -0.493 e. The predicted molar refractivity (Wildman–Crippen MR) is 110 cm³/mol. The van der Waals surface area contributed by atoms with Crippen molar-refractivity contribution in [3.05, 3.63) is 53.6 Å². The van der Waals surface area contributed by atoms with Crippen molar-refractivity contribution in [2.75, 3.05) is 12.3 Å². The van der Waals surface area contributed by atoms with Gasteiger partial charge in [0, 0.05) is 0 Å². The SMILES string of the molecule is CC(C)COc1cccc(/C=N\NC(=O)Cc2ccc3nc(N)sc3c2)c1. The number of nitrogens with zero attached hydrogens (tertiary/aromatic N) is 2. The first-order valence-electron chi connectivity index (χ1n) is 8.69. The number of nitrogens with one attached hydrogen (secondary N) is 1. The Labute approximate surface area is 162 Å². The van der Waals surface area contributed by atoms with Crippen LogP contribution in [0.25, 0.3) is 10.2 Å². The lowest BCUT2D eigenvalue weighted by Gasteiger charge is -2.08. The van der Waals surface area contributed by atoms with E-state index in [0.29, 0.717) is 17.7 Å². The van der Waals surface area contributed by atoms with E-state index in [-0.39, 0.29) is 12.3 Å². The summed E-state index contributed by atoms with van der Waals surface area (Å²) in [6.45, 7) is 4.86. The second kappa shape index (κ2) is 8.64. The summed E-state index contributed by atoms with van der Waals surface area (Å²) >= 11 is 1.41. The molecule has 0 atom stereocenters. The van der Waals surface area contributed by atoms with Gasteiger partial charge in [0.2, 0.25) is 5.91 Å². The second-order valence-electron chi connectivity index (χ2n) is 6.60. The molecule has 0 radical (unpaired) electrons. The minimum atomic E-state index is -0.185. The zero-order valence-corrected chi connectivity index (χ0v) is 16.1. The first-order chi connectivity index (χ1) is 13.0. The number of thiazole rings is 1. The minimum absolute atomic E-state index is 0.185. The average Bonchev–Trinajstić information content (AvgIpc) is 2.99. The summed E-state index contributed by atoms with van der Waals surface area (Å²) in [4.78, 5) is 16.3. The quantitative estimate of drug-likeness (QED) is 0.482. The van der Waals surface area contributed by atoms with Gasteiger partial charge in [0.1, 0.15) is 5.75 Å². The topological polar surface area (TPSA) is 89.6 Å². The van der Waals surface area contributed by atoms with Gasteiger partial charge in [-0.25, -0.2) is 10.4 Å². The molecule has 3 N–H and O–H groups in total. The van der Waals surface area contributed by atoms with Crippen molar-refractivity contribution < 1.29 is 9.53 Å². The van der Waals surface area contributed by atoms with Crippen molar-refractivity contribution in [1.29, 1.82) is 0 Å². The summed E-state index contributed by atoms with van der Waals surface area (Å²) in [6.07, 6.45) is 1.84. The van der Waals surface area contributed by atoms with Crippen molar-refractivity contribution in [2.24, 2.45) is 11.0 Å². The normalized spacial score (nSPS) is 11.4. The van der Waals surface area contributed by atoms with E-state index in [1.165, 1.54) is 11.3 Å². The van der Waals surface area contributed by atoms with Crippen LogP contribution in [-0.2, 0) is 11.2 Å². The molecule has 1 aromatic heterocycles. The molecule has 3 rings (SSSR count). The molecule has 0 saturated heterocycles. The molecular weight excluding hydrogens is 360 g/mol. The maximum absolute atomic E-state index is 12.1. The Kier molecular flexibility index (Phi) is 6.03. The number of nitrogen functional groups attached to an aromatic ring is 1. The molecule has 0 aliphatic rings. The molecule has 0 aliphatic carbocycles. The predicted octanol–water partition coefficient (Wildman–Crippen LogP) is 3.61. The molecule has 27 heavy (non-hydrogen) atoms. The van der Waals surface area contributed by atoms with Crippen LogP contribution >= 0.6 is 11.3 Å². The lowest BCUT2D eigenvalue weighted by atomic mass is 10.1. The summed E-state index contributed by atoms with van der Waals surface area (Å²) < 4.78 is 6.66. The van der Waals surface area contributed by atoms with E-state index in [9.17, 15) is 4.79 Å². The molecule has 140 valence electrons. The van der Waals surface area contributed by atoms with Gasteiger partial charge in [-0.3, -0.25) is 4.79 Å². The molecule has 0 spiro atoms. The number of amides is 1. The van der Waals surface area contributed by atoms with Crippen molar-refractivity contribution in [2.45, 2.75) is 20.3 Å². The summed E-state index contributed by atoms with van der Waals surface area (Å²) in [5.41, 5.74) is 10.9.